The lowest BCUT2D eigenvalue weighted by Crippen LogP contribution is -2.53. The number of carbonyl (C=O) groups excluding carboxylic acids is 2. The van der Waals surface area contributed by atoms with Crippen molar-refractivity contribution < 1.29 is 23.9 Å². The van der Waals surface area contributed by atoms with E-state index in [0.29, 0.717) is 11.1 Å². The lowest BCUT2D eigenvalue weighted by atomic mass is 10.0. The molecule has 0 bridgehead atoms. The quantitative estimate of drug-likeness (QED) is 0.483. The van der Waals surface area contributed by atoms with Gasteiger partial charge in [0.15, 0.2) is 0 Å². The zero-order valence-corrected chi connectivity index (χ0v) is 17.2. The third kappa shape index (κ3) is 6.50. The van der Waals surface area contributed by atoms with Gasteiger partial charge in [0, 0.05) is 18.4 Å². The number of benzene rings is 3. The number of rotatable bonds is 9. The van der Waals surface area contributed by atoms with Crippen molar-refractivity contribution >= 4 is 17.8 Å². The van der Waals surface area contributed by atoms with Gasteiger partial charge in [0.25, 0.3) is 5.91 Å². The average molecular weight is 434 g/mol. The highest BCUT2D eigenvalue weighted by atomic mass is 19.1. The molecule has 2 atom stereocenters. The summed E-state index contributed by atoms with van der Waals surface area (Å²) in [6, 6.07) is 20.6. The molecule has 164 valence electrons. The monoisotopic (exact) mass is 434 g/mol. The van der Waals surface area contributed by atoms with Crippen LogP contribution in [0.15, 0.2) is 84.9 Å². The molecule has 3 aromatic carbocycles. The van der Waals surface area contributed by atoms with Crippen LogP contribution in [0.5, 0.6) is 0 Å². The second kappa shape index (κ2) is 10.9. The van der Waals surface area contributed by atoms with Crippen LogP contribution in [0.25, 0.3) is 0 Å². The van der Waals surface area contributed by atoms with Crippen LogP contribution in [0.2, 0.25) is 0 Å². The minimum absolute atomic E-state index is 0.0718. The number of halogens is 1. The van der Waals surface area contributed by atoms with Crippen molar-refractivity contribution in [3.8, 4) is 0 Å². The van der Waals surface area contributed by atoms with Crippen molar-refractivity contribution in [3.05, 3.63) is 107 Å². The van der Waals surface area contributed by atoms with Gasteiger partial charge in [-0.05, 0) is 35.4 Å². The Hall–Kier alpha value is -4.00. The molecule has 32 heavy (non-hydrogen) atoms. The van der Waals surface area contributed by atoms with Crippen molar-refractivity contribution in [1.82, 2.24) is 10.6 Å². The topological polar surface area (TPSA) is 95.5 Å². The van der Waals surface area contributed by atoms with Crippen molar-refractivity contribution in [2.45, 2.75) is 24.9 Å². The van der Waals surface area contributed by atoms with Gasteiger partial charge in [0.2, 0.25) is 5.91 Å². The molecule has 2 amide bonds. The number of carboxylic acids is 1. The lowest BCUT2D eigenvalue weighted by Gasteiger charge is -2.22. The lowest BCUT2D eigenvalue weighted by molar-refractivity contribution is -0.142. The Kier molecular flexibility index (Phi) is 7.70. The maximum Gasteiger partial charge on any atom is 0.326 e. The summed E-state index contributed by atoms with van der Waals surface area (Å²) in [4.78, 5) is 37.4. The molecule has 0 saturated heterocycles. The summed E-state index contributed by atoms with van der Waals surface area (Å²) in [5.41, 5.74) is 1.74. The summed E-state index contributed by atoms with van der Waals surface area (Å²) in [6.45, 7) is 0. The largest absolute Gasteiger partial charge is 0.480 e. The summed E-state index contributed by atoms with van der Waals surface area (Å²) in [5.74, 6) is -2.71. The predicted molar refractivity (Wildman–Crippen MR) is 118 cm³/mol. The van der Waals surface area contributed by atoms with Gasteiger partial charge in [0.05, 0.1) is 0 Å². The van der Waals surface area contributed by atoms with Crippen LogP contribution in [0.1, 0.15) is 21.5 Å². The van der Waals surface area contributed by atoms with E-state index < -0.39 is 35.7 Å². The molecule has 0 aliphatic heterocycles. The fourth-order valence-electron chi connectivity index (χ4n) is 3.22. The molecule has 3 aromatic rings. The van der Waals surface area contributed by atoms with E-state index in [-0.39, 0.29) is 12.8 Å². The highest BCUT2D eigenvalue weighted by Gasteiger charge is 2.27. The molecular formula is C25H23FN2O4. The normalized spacial score (nSPS) is 12.4. The molecule has 0 aliphatic carbocycles. The van der Waals surface area contributed by atoms with Gasteiger partial charge in [-0.3, -0.25) is 9.59 Å². The Labute approximate surface area is 185 Å². The predicted octanol–water partition coefficient (Wildman–Crippen LogP) is 2.98. The fourth-order valence-corrected chi connectivity index (χ4v) is 3.22. The number of carbonyl (C=O) groups is 3. The first-order valence-electron chi connectivity index (χ1n) is 10.1. The van der Waals surface area contributed by atoms with Crippen LogP contribution in [0.3, 0.4) is 0 Å². The van der Waals surface area contributed by atoms with Crippen LogP contribution in [-0.4, -0.2) is 35.0 Å². The molecule has 0 aliphatic rings. The minimum Gasteiger partial charge on any atom is -0.480 e. The molecular weight excluding hydrogens is 411 g/mol. The van der Waals surface area contributed by atoms with E-state index in [0.717, 1.165) is 5.56 Å². The zero-order valence-electron chi connectivity index (χ0n) is 17.2. The highest BCUT2D eigenvalue weighted by Crippen LogP contribution is 2.09. The smallest absolute Gasteiger partial charge is 0.326 e. The van der Waals surface area contributed by atoms with Crippen LogP contribution in [0, 0.1) is 5.82 Å². The van der Waals surface area contributed by atoms with E-state index in [4.69, 9.17) is 0 Å². The SMILES string of the molecule is O=C(N[C@H](Cc1ccc(F)cc1)C(=O)N[C@@H](Cc1ccccc1)C(=O)O)c1ccccc1. The first-order chi connectivity index (χ1) is 15.4. The van der Waals surface area contributed by atoms with Crippen LogP contribution >= 0.6 is 0 Å². The Morgan fingerprint density at radius 1 is 0.719 bits per heavy atom. The molecule has 0 fully saturated rings. The molecule has 0 radical (unpaired) electrons. The Bertz CT molecular complexity index is 1060. The summed E-state index contributed by atoms with van der Waals surface area (Å²) >= 11 is 0. The zero-order chi connectivity index (χ0) is 22.9. The van der Waals surface area contributed by atoms with Crippen LogP contribution < -0.4 is 10.6 Å². The van der Waals surface area contributed by atoms with Crippen molar-refractivity contribution in [1.29, 1.82) is 0 Å². The maximum absolute atomic E-state index is 13.3. The van der Waals surface area contributed by atoms with Crippen molar-refractivity contribution in [3.63, 3.8) is 0 Å². The Morgan fingerprint density at radius 3 is 1.84 bits per heavy atom. The van der Waals surface area contributed by atoms with Crippen LogP contribution in [0.4, 0.5) is 4.39 Å². The van der Waals surface area contributed by atoms with Gasteiger partial charge >= 0.3 is 5.97 Å². The van der Waals surface area contributed by atoms with E-state index in [1.165, 1.54) is 24.3 Å². The highest BCUT2D eigenvalue weighted by molar-refractivity contribution is 5.98. The van der Waals surface area contributed by atoms with Gasteiger partial charge in [-0.2, -0.15) is 0 Å². The van der Waals surface area contributed by atoms with E-state index in [2.05, 4.69) is 10.6 Å². The van der Waals surface area contributed by atoms with E-state index in [1.807, 2.05) is 6.07 Å². The molecule has 0 spiro atoms. The molecule has 6 nitrogen and oxygen atoms in total. The van der Waals surface area contributed by atoms with Gasteiger partial charge < -0.3 is 15.7 Å². The van der Waals surface area contributed by atoms with E-state index in [9.17, 15) is 23.9 Å². The second-order valence-corrected chi connectivity index (χ2v) is 7.31. The molecule has 0 unspecified atom stereocenters. The molecule has 3 rings (SSSR count). The van der Waals surface area contributed by atoms with Crippen molar-refractivity contribution in [2.24, 2.45) is 0 Å². The second-order valence-electron chi connectivity index (χ2n) is 7.31. The third-order valence-corrected chi connectivity index (χ3v) is 4.91. The standard InChI is InChI=1S/C25H23FN2O4/c26-20-13-11-18(12-14-20)15-21(27-23(29)19-9-5-2-6-10-19)24(30)28-22(25(31)32)16-17-7-3-1-4-8-17/h1-14,21-22H,15-16H2,(H,27,29)(H,28,30)(H,31,32)/t21-,22+/m1/s1. The van der Waals surface area contributed by atoms with E-state index in [1.54, 1.807) is 54.6 Å². The number of hydrogen-bond acceptors (Lipinski definition) is 3. The van der Waals surface area contributed by atoms with Gasteiger partial charge in [-0.25, -0.2) is 9.18 Å². The number of amides is 2. The van der Waals surface area contributed by atoms with Gasteiger partial charge in [0.1, 0.15) is 17.9 Å². The van der Waals surface area contributed by atoms with Gasteiger partial charge in [-0.1, -0.05) is 60.7 Å². The number of aliphatic carboxylic acids is 1. The fraction of sp³-hybridized carbons (Fsp3) is 0.160. The van der Waals surface area contributed by atoms with Crippen LogP contribution in [-0.2, 0) is 22.4 Å². The molecule has 3 N–H and O–H groups in total. The Morgan fingerprint density at radius 2 is 1.25 bits per heavy atom. The number of hydrogen-bond donors (Lipinski definition) is 3. The first-order valence-corrected chi connectivity index (χ1v) is 10.1. The molecule has 0 aromatic heterocycles. The Balaban J connectivity index is 1.78. The summed E-state index contributed by atoms with van der Waals surface area (Å²) in [7, 11) is 0. The summed E-state index contributed by atoms with van der Waals surface area (Å²) in [5, 5.41) is 14.8. The summed E-state index contributed by atoms with van der Waals surface area (Å²) < 4.78 is 13.3. The van der Waals surface area contributed by atoms with Crippen molar-refractivity contribution in [2.75, 3.05) is 0 Å². The minimum atomic E-state index is -1.18. The average Bonchev–Trinajstić information content (AvgIpc) is 2.80. The van der Waals surface area contributed by atoms with Gasteiger partial charge in [-0.15, -0.1) is 0 Å². The molecule has 7 heteroatoms. The number of carboxylic acid groups (broad SMARTS) is 1. The molecule has 0 heterocycles. The third-order valence-electron chi connectivity index (χ3n) is 4.91. The first kappa shape index (κ1) is 22.7. The summed E-state index contributed by atoms with van der Waals surface area (Å²) in [6.07, 6.45) is 0.167. The molecule has 0 saturated carbocycles. The maximum atomic E-state index is 13.3. The van der Waals surface area contributed by atoms with E-state index >= 15 is 0 Å². The number of nitrogens with one attached hydrogen (secondary N) is 2.